The van der Waals surface area contributed by atoms with Crippen LogP contribution in [0.15, 0.2) is 30.3 Å². The quantitative estimate of drug-likeness (QED) is 0.383. The number of nitrogens with one attached hydrogen (secondary N) is 1. The third kappa shape index (κ3) is 3.42. The van der Waals surface area contributed by atoms with Crippen LogP contribution < -0.4 is 14.8 Å². The first kappa shape index (κ1) is 18.0. The van der Waals surface area contributed by atoms with E-state index in [4.69, 9.17) is 32.7 Å². The predicted octanol–water partition coefficient (Wildman–Crippen LogP) is 4.61. The Hall–Kier alpha value is -2.84. The van der Waals surface area contributed by atoms with E-state index in [1.54, 1.807) is 18.2 Å². The molecule has 0 aliphatic carbocycles. The Morgan fingerprint density at radius 2 is 1.77 bits per heavy atom. The largest absolute Gasteiger partial charge is 0.493 e. The van der Waals surface area contributed by atoms with Crippen molar-refractivity contribution in [3.8, 4) is 11.5 Å². The highest BCUT2D eigenvalue weighted by Gasteiger charge is 2.16. The zero-order chi connectivity index (χ0) is 18.8. The van der Waals surface area contributed by atoms with Gasteiger partial charge in [-0.2, -0.15) is 4.98 Å². The van der Waals surface area contributed by atoms with Crippen LogP contribution in [0.1, 0.15) is 0 Å². The summed E-state index contributed by atoms with van der Waals surface area (Å²) in [6.45, 7) is 0. The van der Waals surface area contributed by atoms with Crippen molar-refractivity contribution < 1.29 is 14.4 Å². The van der Waals surface area contributed by atoms with Gasteiger partial charge in [-0.1, -0.05) is 11.6 Å². The minimum absolute atomic E-state index is 0.00989. The van der Waals surface area contributed by atoms with Gasteiger partial charge in [0.2, 0.25) is 5.28 Å². The van der Waals surface area contributed by atoms with E-state index in [2.05, 4.69) is 15.3 Å². The molecule has 0 bridgehead atoms. The monoisotopic (exact) mass is 394 g/mol. The third-order valence-electron chi connectivity index (χ3n) is 3.58. The van der Waals surface area contributed by atoms with Gasteiger partial charge in [-0.15, -0.1) is 0 Å². The molecule has 0 radical (unpaired) electrons. The SMILES string of the molecule is COc1cc2nc(Cl)nc(Nc3ccc(Cl)c([N+](=O)[O-])c3)c2cc1OC. The lowest BCUT2D eigenvalue weighted by Gasteiger charge is -2.12. The van der Waals surface area contributed by atoms with Gasteiger partial charge < -0.3 is 14.8 Å². The lowest BCUT2D eigenvalue weighted by molar-refractivity contribution is -0.384. The molecule has 3 rings (SSSR count). The molecule has 0 aliphatic heterocycles. The van der Waals surface area contributed by atoms with Crippen LogP contribution in [0.4, 0.5) is 17.2 Å². The summed E-state index contributed by atoms with van der Waals surface area (Å²) in [5.41, 5.74) is 0.723. The van der Waals surface area contributed by atoms with Crippen LogP contribution in [0.2, 0.25) is 10.3 Å². The smallest absolute Gasteiger partial charge is 0.289 e. The highest BCUT2D eigenvalue weighted by Crippen LogP contribution is 2.36. The van der Waals surface area contributed by atoms with Gasteiger partial charge in [0, 0.05) is 23.2 Å². The number of nitro benzene ring substituents is 1. The van der Waals surface area contributed by atoms with Crippen LogP contribution in [0, 0.1) is 10.1 Å². The van der Waals surface area contributed by atoms with Gasteiger partial charge in [0.15, 0.2) is 11.5 Å². The summed E-state index contributed by atoms with van der Waals surface area (Å²) >= 11 is 11.8. The molecule has 0 amide bonds. The Balaban J connectivity index is 2.13. The number of halogens is 2. The molecule has 1 aromatic heterocycles. The second-order valence-corrected chi connectivity index (χ2v) is 5.86. The van der Waals surface area contributed by atoms with Crippen LogP contribution in [-0.2, 0) is 0 Å². The molecular formula is C16H12Cl2N4O4. The van der Waals surface area contributed by atoms with E-state index in [1.165, 1.54) is 26.4 Å². The summed E-state index contributed by atoms with van der Waals surface area (Å²) in [5, 5.41) is 14.7. The van der Waals surface area contributed by atoms with Crippen molar-refractivity contribution in [2.45, 2.75) is 0 Å². The van der Waals surface area contributed by atoms with Gasteiger partial charge in [-0.25, -0.2) is 4.98 Å². The zero-order valence-corrected chi connectivity index (χ0v) is 15.1. The van der Waals surface area contributed by atoms with Gasteiger partial charge in [0.05, 0.1) is 24.7 Å². The highest BCUT2D eigenvalue weighted by molar-refractivity contribution is 6.32. The molecule has 2 aromatic carbocycles. The first-order valence-electron chi connectivity index (χ1n) is 7.23. The zero-order valence-electron chi connectivity index (χ0n) is 13.6. The maximum absolute atomic E-state index is 11.1. The lowest BCUT2D eigenvalue weighted by atomic mass is 10.2. The summed E-state index contributed by atoms with van der Waals surface area (Å²) in [7, 11) is 3.02. The molecule has 0 saturated heterocycles. The fourth-order valence-electron chi connectivity index (χ4n) is 2.39. The van der Waals surface area contributed by atoms with E-state index in [-0.39, 0.29) is 16.0 Å². The Morgan fingerprint density at radius 1 is 1.08 bits per heavy atom. The number of nitro groups is 1. The molecule has 0 saturated carbocycles. The third-order valence-corrected chi connectivity index (χ3v) is 4.07. The average molecular weight is 395 g/mol. The predicted molar refractivity (Wildman–Crippen MR) is 99.0 cm³/mol. The standard InChI is InChI=1S/C16H12Cl2N4O4/c1-25-13-6-9-11(7-14(13)26-2)20-16(18)21-15(9)19-8-3-4-10(17)12(5-8)22(23)24/h3-7H,1-2H3,(H,19,20,21). The Bertz CT molecular complexity index is 1010. The van der Waals surface area contributed by atoms with Crippen molar-refractivity contribution in [3.05, 3.63) is 50.8 Å². The maximum atomic E-state index is 11.1. The van der Waals surface area contributed by atoms with Gasteiger partial charge in [0.25, 0.3) is 5.69 Å². The van der Waals surface area contributed by atoms with Gasteiger partial charge in [0.1, 0.15) is 10.8 Å². The van der Waals surface area contributed by atoms with Gasteiger partial charge in [-0.05, 0) is 29.8 Å². The summed E-state index contributed by atoms with van der Waals surface area (Å²) in [4.78, 5) is 18.8. The van der Waals surface area contributed by atoms with E-state index in [0.717, 1.165) is 0 Å². The fourth-order valence-corrected chi connectivity index (χ4v) is 2.75. The number of hydrogen-bond acceptors (Lipinski definition) is 7. The number of nitrogens with zero attached hydrogens (tertiary/aromatic N) is 3. The molecule has 0 unspecified atom stereocenters. The van der Waals surface area contributed by atoms with E-state index in [0.29, 0.717) is 33.9 Å². The second kappa shape index (κ2) is 7.19. The number of rotatable bonds is 5. The first-order chi connectivity index (χ1) is 12.4. The number of fused-ring (bicyclic) bond motifs is 1. The molecule has 134 valence electrons. The summed E-state index contributed by atoms with van der Waals surface area (Å²) < 4.78 is 10.6. The number of aromatic nitrogens is 2. The van der Waals surface area contributed by atoms with Crippen molar-refractivity contribution in [2.24, 2.45) is 0 Å². The number of methoxy groups -OCH3 is 2. The molecule has 8 nitrogen and oxygen atoms in total. The molecular weight excluding hydrogens is 383 g/mol. The minimum atomic E-state index is -0.563. The molecule has 1 heterocycles. The van der Waals surface area contributed by atoms with Crippen LogP contribution in [0.25, 0.3) is 10.9 Å². The Kier molecular flexibility index (Phi) is 4.97. The van der Waals surface area contributed by atoms with Crippen molar-refractivity contribution >= 4 is 51.3 Å². The summed E-state index contributed by atoms with van der Waals surface area (Å²) in [6, 6.07) is 7.69. The van der Waals surface area contributed by atoms with E-state index < -0.39 is 4.92 Å². The van der Waals surface area contributed by atoms with Crippen molar-refractivity contribution in [3.63, 3.8) is 0 Å². The number of hydrogen-bond donors (Lipinski definition) is 1. The molecule has 3 aromatic rings. The van der Waals surface area contributed by atoms with E-state index in [9.17, 15) is 10.1 Å². The Labute approximate surface area is 157 Å². The second-order valence-electron chi connectivity index (χ2n) is 5.11. The highest BCUT2D eigenvalue weighted by atomic mass is 35.5. The number of ether oxygens (including phenoxy) is 2. The molecule has 26 heavy (non-hydrogen) atoms. The van der Waals surface area contributed by atoms with Crippen LogP contribution in [-0.4, -0.2) is 29.1 Å². The van der Waals surface area contributed by atoms with Crippen LogP contribution >= 0.6 is 23.2 Å². The van der Waals surface area contributed by atoms with Crippen molar-refractivity contribution in [2.75, 3.05) is 19.5 Å². The summed E-state index contributed by atoms with van der Waals surface area (Å²) in [5.74, 6) is 1.33. The van der Waals surface area contributed by atoms with E-state index in [1.807, 2.05) is 0 Å². The average Bonchev–Trinajstić information content (AvgIpc) is 2.61. The van der Waals surface area contributed by atoms with E-state index >= 15 is 0 Å². The fraction of sp³-hybridized carbons (Fsp3) is 0.125. The lowest BCUT2D eigenvalue weighted by Crippen LogP contribution is -2.00. The molecule has 0 fully saturated rings. The molecule has 10 heteroatoms. The minimum Gasteiger partial charge on any atom is -0.493 e. The number of benzene rings is 2. The molecule has 0 aliphatic rings. The molecule has 0 spiro atoms. The van der Waals surface area contributed by atoms with Crippen LogP contribution in [0.5, 0.6) is 11.5 Å². The Morgan fingerprint density at radius 3 is 2.42 bits per heavy atom. The van der Waals surface area contributed by atoms with Gasteiger partial charge in [-0.3, -0.25) is 10.1 Å². The van der Waals surface area contributed by atoms with Gasteiger partial charge >= 0.3 is 0 Å². The molecule has 0 atom stereocenters. The number of anilines is 2. The summed E-state index contributed by atoms with van der Waals surface area (Å²) in [6.07, 6.45) is 0. The first-order valence-corrected chi connectivity index (χ1v) is 7.98. The van der Waals surface area contributed by atoms with Crippen molar-refractivity contribution in [1.29, 1.82) is 0 Å². The topological polar surface area (TPSA) is 99.4 Å². The molecule has 1 N–H and O–H groups in total. The maximum Gasteiger partial charge on any atom is 0.289 e. The van der Waals surface area contributed by atoms with Crippen molar-refractivity contribution in [1.82, 2.24) is 9.97 Å². The normalized spacial score (nSPS) is 10.6. The van der Waals surface area contributed by atoms with Crippen LogP contribution in [0.3, 0.4) is 0 Å².